The van der Waals surface area contributed by atoms with Crippen molar-refractivity contribution in [2.75, 3.05) is 0 Å². The Labute approximate surface area is 111 Å². The van der Waals surface area contributed by atoms with Crippen molar-refractivity contribution < 1.29 is 9.53 Å². The van der Waals surface area contributed by atoms with Crippen molar-refractivity contribution in [3.63, 3.8) is 0 Å². The maximum atomic E-state index is 11.5. The van der Waals surface area contributed by atoms with Gasteiger partial charge in [-0.1, -0.05) is 11.6 Å². The summed E-state index contributed by atoms with van der Waals surface area (Å²) in [7, 11) is 0. The molecule has 0 saturated carbocycles. The molecule has 0 atom stereocenters. The second-order valence-corrected chi connectivity index (χ2v) is 5.26. The summed E-state index contributed by atoms with van der Waals surface area (Å²) >= 11 is 5.61. The van der Waals surface area contributed by atoms with Gasteiger partial charge in [0, 0.05) is 25.4 Å². The Bertz CT molecular complexity index is 477. The SMILES string of the molecule is CC(C)(C)OC(=O)CCCn1ccnc(Cl)c1=O. The molecule has 0 saturated heterocycles. The van der Waals surface area contributed by atoms with E-state index in [1.807, 2.05) is 20.8 Å². The Morgan fingerprint density at radius 2 is 2.17 bits per heavy atom. The van der Waals surface area contributed by atoms with Crippen molar-refractivity contribution in [1.82, 2.24) is 9.55 Å². The monoisotopic (exact) mass is 272 g/mol. The number of hydrogen-bond donors (Lipinski definition) is 0. The third-order valence-electron chi connectivity index (χ3n) is 2.07. The fourth-order valence-corrected chi connectivity index (χ4v) is 1.55. The van der Waals surface area contributed by atoms with Crippen LogP contribution in [0.15, 0.2) is 17.2 Å². The second kappa shape index (κ2) is 6.00. The molecule has 18 heavy (non-hydrogen) atoms. The summed E-state index contributed by atoms with van der Waals surface area (Å²) in [5.74, 6) is -0.268. The molecule has 0 aliphatic heterocycles. The third-order valence-corrected chi connectivity index (χ3v) is 2.33. The summed E-state index contributed by atoms with van der Waals surface area (Å²) in [6.07, 6.45) is 3.79. The van der Waals surface area contributed by atoms with E-state index in [0.717, 1.165) is 0 Å². The molecule has 0 aliphatic rings. The van der Waals surface area contributed by atoms with Gasteiger partial charge < -0.3 is 9.30 Å². The third kappa shape index (κ3) is 4.87. The van der Waals surface area contributed by atoms with Gasteiger partial charge in [0.25, 0.3) is 5.56 Å². The summed E-state index contributed by atoms with van der Waals surface area (Å²) in [4.78, 5) is 26.6. The van der Waals surface area contributed by atoms with E-state index in [-0.39, 0.29) is 23.1 Å². The predicted molar refractivity (Wildman–Crippen MR) is 68.6 cm³/mol. The van der Waals surface area contributed by atoms with Crippen LogP contribution in [-0.2, 0) is 16.1 Å². The zero-order valence-corrected chi connectivity index (χ0v) is 11.5. The number of hydrogen-bond acceptors (Lipinski definition) is 4. The number of esters is 1. The number of aryl methyl sites for hydroxylation is 1. The van der Waals surface area contributed by atoms with Crippen LogP contribution in [0.1, 0.15) is 33.6 Å². The van der Waals surface area contributed by atoms with E-state index in [2.05, 4.69) is 4.98 Å². The summed E-state index contributed by atoms with van der Waals surface area (Å²) in [5, 5.41) is -0.0604. The Balaban J connectivity index is 2.45. The Morgan fingerprint density at radius 1 is 1.50 bits per heavy atom. The molecule has 0 radical (unpaired) electrons. The lowest BCUT2D eigenvalue weighted by Crippen LogP contribution is -2.25. The topological polar surface area (TPSA) is 61.2 Å². The van der Waals surface area contributed by atoms with Crippen molar-refractivity contribution in [2.45, 2.75) is 45.8 Å². The van der Waals surface area contributed by atoms with Crippen molar-refractivity contribution in [3.05, 3.63) is 27.9 Å². The molecule has 5 nitrogen and oxygen atoms in total. The summed E-state index contributed by atoms with van der Waals surface area (Å²) in [6.45, 7) is 5.87. The highest BCUT2D eigenvalue weighted by Crippen LogP contribution is 2.09. The molecular weight excluding hydrogens is 256 g/mol. The minimum atomic E-state index is -0.478. The van der Waals surface area contributed by atoms with Gasteiger partial charge in [0.2, 0.25) is 0 Å². The highest BCUT2D eigenvalue weighted by Gasteiger charge is 2.15. The smallest absolute Gasteiger partial charge is 0.306 e. The molecule has 1 aromatic rings. The number of rotatable bonds is 4. The van der Waals surface area contributed by atoms with E-state index in [1.165, 1.54) is 10.8 Å². The molecule has 0 spiro atoms. The van der Waals surface area contributed by atoms with Gasteiger partial charge in [0.1, 0.15) is 5.60 Å². The first-order valence-electron chi connectivity index (χ1n) is 5.72. The van der Waals surface area contributed by atoms with Crippen LogP contribution in [0.3, 0.4) is 0 Å². The Hall–Kier alpha value is -1.36. The summed E-state index contributed by atoms with van der Waals surface area (Å²) < 4.78 is 6.60. The van der Waals surface area contributed by atoms with E-state index >= 15 is 0 Å². The minimum Gasteiger partial charge on any atom is -0.460 e. The molecule has 0 fully saturated rings. The average Bonchev–Trinajstić information content (AvgIpc) is 2.21. The van der Waals surface area contributed by atoms with Crippen LogP contribution >= 0.6 is 11.6 Å². The number of aromatic nitrogens is 2. The molecule has 1 rings (SSSR count). The van der Waals surface area contributed by atoms with E-state index < -0.39 is 5.60 Å². The van der Waals surface area contributed by atoms with Crippen LogP contribution in [0.25, 0.3) is 0 Å². The van der Waals surface area contributed by atoms with Crippen LogP contribution in [0.5, 0.6) is 0 Å². The highest BCUT2D eigenvalue weighted by molar-refractivity contribution is 6.29. The normalized spacial score (nSPS) is 11.3. The lowest BCUT2D eigenvalue weighted by Gasteiger charge is -2.19. The van der Waals surface area contributed by atoms with Gasteiger partial charge in [-0.05, 0) is 27.2 Å². The average molecular weight is 273 g/mol. The van der Waals surface area contributed by atoms with E-state index in [0.29, 0.717) is 13.0 Å². The standard InChI is InChI=1S/C12H17ClN2O3/c1-12(2,3)18-9(16)5-4-7-15-8-6-14-10(13)11(15)17/h6,8H,4-5,7H2,1-3H3. The Morgan fingerprint density at radius 3 is 2.78 bits per heavy atom. The highest BCUT2D eigenvalue weighted by atomic mass is 35.5. The molecule has 0 unspecified atom stereocenters. The summed E-state index contributed by atoms with van der Waals surface area (Å²) in [6, 6.07) is 0. The van der Waals surface area contributed by atoms with Gasteiger partial charge in [0.05, 0.1) is 0 Å². The zero-order chi connectivity index (χ0) is 13.8. The van der Waals surface area contributed by atoms with E-state index in [9.17, 15) is 9.59 Å². The van der Waals surface area contributed by atoms with Crippen LogP contribution < -0.4 is 5.56 Å². The number of carbonyl (C=O) groups excluding carboxylic acids is 1. The van der Waals surface area contributed by atoms with Crippen molar-refractivity contribution in [1.29, 1.82) is 0 Å². The van der Waals surface area contributed by atoms with Crippen LogP contribution in [0.4, 0.5) is 0 Å². The van der Waals surface area contributed by atoms with Crippen LogP contribution in [0, 0.1) is 0 Å². The fourth-order valence-electron chi connectivity index (χ4n) is 1.38. The maximum absolute atomic E-state index is 11.5. The molecule has 100 valence electrons. The molecule has 0 amide bonds. The first-order chi connectivity index (χ1) is 8.29. The van der Waals surface area contributed by atoms with Crippen molar-refractivity contribution >= 4 is 17.6 Å². The summed E-state index contributed by atoms with van der Waals surface area (Å²) in [5.41, 5.74) is -0.822. The molecule has 0 N–H and O–H groups in total. The van der Waals surface area contributed by atoms with Gasteiger partial charge in [0.15, 0.2) is 5.15 Å². The quantitative estimate of drug-likeness (QED) is 0.787. The molecule has 1 heterocycles. The lowest BCUT2D eigenvalue weighted by atomic mass is 10.2. The largest absolute Gasteiger partial charge is 0.460 e. The van der Waals surface area contributed by atoms with Gasteiger partial charge >= 0.3 is 5.97 Å². The Kier molecular flexibility index (Phi) is 4.90. The molecule has 0 aromatic carbocycles. The molecule has 0 aliphatic carbocycles. The van der Waals surface area contributed by atoms with Gasteiger partial charge in [-0.15, -0.1) is 0 Å². The van der Waals surface area contributed by atoms with E-state index in [4.69, 9.17) is 16.3 Å². The van der Waals surface area contributed by atoms with Gasteiger partial charge in [-0.25, -0.2) is 4.98 Å². The van der Waals surface area contributed by atoms with E-state index in [1.54, 1.807) is 6.20 Å². The van der Waals surface area contributed by atoms with Gasteiger partial charge in [-0.3, -0.25) is 9.59 Å². The van der Waals surface area contributed by atoms with Gasteiger partial charge in [-0.2, -0.15) is 0 Å². The van der Waals surface area contributed by atoms with Crippen molar-refractivity contribution in [2.24, 2.45) is 0 Å². The second-order valence-electron chi connectivity index (χ2n) is 4.91. The number of ether oxygens (including phenoxy) is 1. The number of halogens is 1. The predicted octanol–water partition coefficient (Wildman–Crippen LogP) is 2.02. The number of nitrogens with zero attached hydrogens (tertiary/aromatic N) is 2. The molecular formula is C12H17ClN2O3. The lowest BCUT2D eigenvalue weighted by molar-refractivity contribution is -0.154. The van der Waals surface area contributed by atoms with Crippen LogP contribution in [0.2, 0.25) is 5.15 Å². The number of carbonyl (C=O) groups is 1. The minimum absolute atomic E-state index is 0.0604. The molecule has 6 heteroatoms. The molecule has 1 aromatic heterocycles. The van der Waals surface area contributed by atoms with Crippen LogP contribution in [-0.4, -0.2) is 21.1 Å². The maximum Gasteiger partial charge on any atom is 0.306 e. The first kappa shape index (κ1) is 14.7. The first-order valence-corrected chi connectivity index (χ1v) is 6.10. The van der Waals surface area contributed by atoms with Crippen molar-refractivity contribution in [3.8, 4) is 0 Å². The molecule has 0 bridgehead atoms. The zero-order valence-electron chi connectivity index (χ0n) is 10.8. The fraction of sp³-hybridized carbons (Fsp3) is 0.583.